The highest BCUT2D eigenvalue weighted by molar-refractivity contribution is 9.10. The van der Waals surface area contributed by atoms with Crippen LogP contribution in [0.1, 0.15) is 18.4 Å². The summed E-state index contributed by atoms with van der Waals surface area (Å²) in [6.45, 7) is 0.972. The van der Waals surface area contributed by atoms with Crippen LogP contribution in [0.25, 0.3) is 22.2 Å². The molecule has 0 fully saturated rings. The van der Waals surface area contributed by atoms with Crippen molar-refractivity contribution in [2.45, 2.75) is 19.3 Å². The number of aryl methyl sites for hydroxylation is 1. The number of unbranched alkanes of at least 4 members (excludes halogenated alkanes) is 1. The maximum Gasteiger partial charge on any atom is 0.231 e. The van der Waals surface area contributed by atoms with E-state index in [0.717, 1.165) is 57.4 Å². The summed E-state index contributed by atoms with van der Waals surface area (Å²) < 4.78 is 11.9. The largest absolute Gasteiger partial charge is 0.454 e. The Hall–Kier alpha value is -1.69. The number of nitrogens with two attached hydrogens (primary N) is 1. The Morgan fingerprint density at radius 2 is 1.96 bits per heavy atom. The number of fused-ring (bicyclic) bond motifs is 2. The van der Waals surface area contributed by atoms with Gasteiger partial charge in [0.25, 0.3) is 0 Å². The minimum Gasteiger partial charge on any atom is -0.454 e. The first-order chi connectivity index (χ1) is 12.2. The fraction of sp³-hybridized carbons (Fsp3) is 0.263. The second-order valence-electron chi connectivity index (χ2n) is 6.10. The summed E-state index contributed by atoms with van der Waals surface area (Å²) in [5.41, 5.74) is 10.0. The Morgan fingerprint density at radius 1 is 1.12 bits per heavy atom. The van der Waals surface area contributed by atoms with Gasteiger partial charge >= 0.3 is 0 Å². The fourth-order valence-corrected chi connectivity index (χ4v) is 4.13. The van der Waals surface area contributed by atoms with E-state index in [0.29, 0.717) is 11.6 Å². The smallest absolute Gasteiger partial charge is 0.231 e. The number of nitrogens with one attached hydrogen (secondary N) is 1. The van der Waals surface area contributed by atoms with Gasteiger partial charge in [0.2, 0.25) is 6.79 Å². The number of hydrogen-bond acceptors (Lipinski definition) is 3. The first kappa shape index (κ1) is 16.8. The van der Waals surface area contributed by atoms with E-state index >= 15 is 0 Å². The van der Waals surface area contributed by atoms with Crippen molar-refractivity contribution in [2.75, 3.05) is 13.3 Å². The first-order valence-electron chi connectivity index (χ1n) is 8.27. The first-order valence-corrected chi connectivity index (χ1v) is 9.44. The zero-order valence-corrected chi connectivity index (χ0v) is 15.9. The normalized spacial score (nSPS) is 12.9. The quantitative estimate of drug-likeness (QED) is 0.552. The summed E-state index contributed by atoms with van der Waals surface area (Å²) in [4.78, 5) is 3.51. The van der Waals surface area contributed by atoms with Crippen molar-refractivity contribution >= 4 is 38.4 Å². The number of aromatic nitrogens is 1. The zero-order chi connectivity index (χ0) is 17.4. The van der Waals surface area contributed by atoms with Crippen molar-refractivity contribution in [1.29, 1.82) is 0 Å². The Morgan fingerprint density at radius 3 is 2.80 bits per heavy atom. The summed E-state index contributed by atoms with van der Waals surface area (Å²) in [7, 11) is 0. The van der Waals surface area contributed by atoms with Crippen LogP contribution < -0.4 is 15.2 Å². The lowest BCUT2D eigenvalue weighted by molar-refractivity contribution is 0.174. The molecule has 4 nitrogen and oxygen atoms in total. The van der Waals surface area contributed by atoms with E-state index in [-0.39, 0.29) is 6.79 Å². The van der Waals surface area contributed by atoms with Crippen LogP contribution in [-0.4, -0.2) is 18.3 Å². The zero-order valence-electron chi connectivity index (χ0n) is 13.6. The third-order valence-electron chi connectivity index (χ3n) is 4.47. The summed E-state index contributed by atoms with van der Waals surface area (Å²) >= 11 is 10.0. The molecule has 0 bridgehead atoms. The SMILES string of the molecule is NCCCCc1c(-c2ccc3c(c2)OCO3)[nH]c2c(Cl)cc(Br)cc12. The van der Waals surface area contributed by atoms with Crippen LogP contribution in [0, 0.1) is 0 Å². The Balaban J connectivity index is 1.86. The van der Waals surface area contributed by atoms with Crippen molar-refractivity contribution in [2.24, 2.45) is 5.73 Å². The van der Waals surface area contributed by atoms with Crippen LogP contribution in [0.4, 0.5) is 0 Å². The molecule has 0 radical (unpaired) electrons. The molecule has 130 valence electrons. The second-order valence-corrected chi connectivity index (χ2v) is 7.43. The minimum absolute atomic E-state index is 0.271. The maximum absolute atomic E-state index is 6.46. The van der Waals surface area contributed by atoms with E-state index in [9.17, 15) is 0 Å². The van der Waals surface area contributed by atoms with Crippen LogP contribution in [0.2, 0.25) is 5.02 Å². The summed E-state index contributed by atoms with van der Waals surface area (Å²) in [6, 6.07) is 10.0. The number of aromatic amines is 1. The van der Waals surface area contributed by atoms with Gasteiger partial charge in [-0.3, -0.25) is 0 Å². The van der Waals surface area contributed by atoms with Gasteiger partial charge in [-0.05, 0) is 61.7 Å². The second kappa shape index (κ2) is 6.90. The summed E-state index contributed by atoms with van der Waals surface area (Å²) in [6.07, 6.45) is 2.97. The van der Waals surface area contributed by atoms with Crippen LogP contribution in [0.5, 0.6) is 11.5 Å². The van der Waals surface area contributed by atoms with E-state index in [1.54, 1.807) is 0 Å². The number of hydrogen-bond donors (Lipinski definition) is 2. The fourth-order valence-electron chi connectivity index (χ4n) is 3.28. The highest BCUT2D eigenvalue weighted by Gasteiger charge is 2.19. The van der Waals surface area contributed by atoms with Crippen molar-refractivity contribution in [3.8, 4) is 22.8 Å². The van der Waals surface area contributed by atoms with E-state index in [1.165, 1.54) is 5.56 Å². The average Bonchev–Trinajstić information content (AvgIpc) is 3.19. The molecule has 3 N–H and O–H groups in total. The molecule has 2 heterocycles. The van der Waals surface area contributed by atoms with Gasteiger partial charge in [0.05, 0.1) is 10.5 Å². The van der Waals surface area contributed by atoms with Gasteiger partial charge in [-0.1, -0.05) is 27.5 Å². The molecule has 2 aromatic carbocycles. The lowest BCUT2D eigenvalue weighted by Gasteiger charge is -2.06. The van der Waals surface area contributed by atoms with Gasteiger partial charge in [0.1, 0.15) is 0 Å². The number of rotatable bonds is 5. The van der Waals surface area contributed by atoms with E-state index in [1.807, 2.05) is 24.3 Å². The lowest BCUT2D eigenvalue weighted by atomic mass is 10.00. The predicted octanol–water partition coefficient (Wildman–Crippen LogP) is 5.26. The molecule has 3 aromatic rings. The highest BCUT2D eigenvalue weighted by Crippen LogP contribution is 2.40. The monoisotopic (exact) mass is 420 g/mol. The average molecular weight is 422 g/mol. The van der Waals surface area contributed by atoms with Crippen molar-refractivity contribution in [3.63, 3.8) is 0 Å². The van der Waals surface area contributed by atoms with Gasteiger partial charge in [-0.2, -0.15) is 0 Å². The molecule has 0 saturated carbocycles. The molecule has 0 spiro atoms. The Labute approximate surface area is 159 Å². The molecule has 0 atom stereocenters. The molecule has 0 amide bonds. The molecule has 0 unspecified atom stereocenters. The molecular formula is C19H18BrClN2O2. The molecule has 4 rings (SSSR count). The molecule has 0 saturated heterocycles. The lowest BCUT2D eigenvalue weighted by Crippen LogP contribution is -1.99. The van der Waals surface area contributed by atoms with E-state index in [2.05, 4.69) is 27.0 Å². The van der Waals surface area contributed by atoms with Gasteiger partial charge in [0.15, 0.2) is 11.5 Å². The molecule has 1 aromatic heterocycles. The van der Waals surface area contributed by atoms with Crippen molar-refractivity contribution in [3.05, 3.63) is 45.4 Å². The van der Waals surface area contributed by atoms with Gasteiger partial charge in [-0.25, -0.2) is 0 Å². The maximum atomic E-state index is 6.46. The van der Waals surface area contributed by atoms with Crippen LogP contribution in [-0.2, 0) is 6.42 Å². The number of halogens is 2. The molecule has 6 heteroatoms. The Kier molecular flexibility index (Phi) is 4.63. The minimum atomic E-state index is 0.271. The van der Waals surface area contributed by atoms with E-state index < -0.39 is 0 Å². The molecule has 1 aliphatic heterocycles. The van der Waals surface area contributed by atoms with Crippen LogP contribution in [0.3, 0.4) is 0 Å². The standard InChI is InChI=1S/C19H18BrClN2O2/c20-12-8-14-13(3-1-2-6-22)18(23-19(14)15(21)9-12)11-4-5-16-17(7-11)25-10-24-16/h4-5,7-9,23H,1-3,6,10,22H2. The molecular weight excluding hydrogens is 404 g/mol. The van der Waals surface area contributed by atoms with Gasteiger partial charge in [-0.15, -0.1) is 0 Å². The predicted molar refractivity (Wildman–Crippen MR) is 105 cm³/mol. The van der Waals surface area contributed by atoms with Crippen molar-refractivity contribution < 1.29 is 9.47 Å². The third-order valence-corrected chi connectivity index (χ3v) is 5.23. The molecule has 25 heavy (non-hydrogen) atoms. The van der Waals surface area contributed by atoms with E-state index in [4.69, 9.17) is 26.8 Å². The number of H-pyrrole nitrogens is 1. The molecule has 1 aliphatic rings. The van der Waals surface area contributed by atoms with Crippen LogP contribution in [0.15, 0.2) is 34.8 Å². The van der Waals surface area contributed by atoms with Gasteiger partial charge in [0, 0.05) is 21.1 Å². The topological polar surface area (TPSA) is 60.3 Å². The summed E-state index contributed by atoms with van der Waals surface area (Å²) in [5, 5.41) is 1.85. The third kappa shape index (κ3) is 3.12. The van der Waals surface area contributed by atoms with Crippen molar-refractivity contribution in [1.82, 2.24) is 4.98 Å². The Bertz CT molecular complexity index is 939. The number of ether oxygens (including phenoxy) is 2. The molecule has 0 aliphatic carbocycles. The highest BCUT2D eigenvalue weighted by atomic mass is 79.9. The summed E-state index contributed by atoms with van der Waals surface area (Å²) in [5.74, 6) is 1.56. The van der Waals surface area contributed by atoms with Crippen LogP contribution >= 0.6 is 27.5 Å². The number of benzene rings is 2. The van der Waals surface area contributed by atoms with Gasteiger partial charge < -0.3 is 20.2 Å².